The van der Waals surface area contributed by atoms with Crippen LogP contribution in [0.5, 0.6) is 5.75 Å². The summed E-state index contributed by atoms with van der Waals surface area (Å²) >= 11 is 0. The van der Waals surface area contributed by atoms with E-state index in [4.69, 9.17) is 4.74 Å². The molecule has 186 valence electrons. The summed E-state index contributed by atoms with van der Waals surface area (Å²) in [7, 11) is 0. The Labute approximate surface area is 203 Å². The zero-order valence-electron chi connectivity index (χ0n) is 19.9. The molecule has 2 amide bonds. The molecular formula is C27H29F3N2O3. The average molecular weight is 487 g/mol. The molecule has 0 radical (unpaired) electrons. The number of fused-ring (bicyclic) bond motifs is 1. The molecule has 2 aliphatic rings. The third-order valence-electron chi connectivity index (χ3n) is 6.75. The van der Waals surface area contributed by atoms with Crippen molar-refractivity contribution in [2.24, 2.45) is 0 Å². The van der Waals surface area contributed by atoms with Crippen LogP contribution in [0.3, 0.4) is 0 Å². The van der Waals surface area contributed by atoms with Gasteiger partial charge in [0.25, 0.3) is 5.91 Å². The number of hydrogen-bond acceptors (Lipinski definition) is 3. The fourth-order valence-electron chi connectivity index (χ4n) is 4.85. The van der Waals surface area contributed by atoms with E-state index in [1.807, 2.05) is 56.3 Å². The Kier molecular flexibility index (Phi) is 6.92. The lowest BCUT2D eigenvalue weighted by Gasteiger charge is -2.36. The van der Waals surface area contributed by atoms with E-state index in [9.17, 15) is 22.8 Å². The van der Waals surface area contributed by atoms with Gasteiger partial charge in [-0.15, -0.1) is 0 Å². The van der Waals surface area contributed by atoms with Gasteiger partial charge in [0.05, 0.1) is 0 Å². The van der Waals surface area contributed by atoms with E-state index in [0.29, 0.717) is 37.2 Å². The van der Waals surface area contributed by atoms with Crippen molar-refractivity contribution >= 4 is 17.4 Å². The number of para-hydroxylation sites is 1. The number of benzene rings is 2. The molecule has 1 saturated heterocycles. The number of carbonyl (C=O) groups excluding carboxylic acids is 2. The molecule has 2 heterocycles. The average Bonchev–Trinajstić information content (AvgIpc) is 3.05. The number of carbonyl (C=O) groups is 2. The Bertz CT molecular complexity index is 1120. The second kappa shape index (κ2) is 9.76. The minimum Gasteiger partial charge on any atom is -0.482 e. The van der Waals surface area contributed by atoms with Gasteiger partial charge in [0.1, 0.15) is 11.4 Å². The van der Waals surface area contributed by atoms with Crippen molar-refractivity contribution in [1.82, 2.24) is 9.80 Å². The number of halogens is 3. The lowest BCUT2D eigenvalue weighted by molar-refractivity contribution is -0.185. The number of amides is 2. The van der Waals surface area contributed by atoms with Gasteiger partial charge in [-0.25, -0.2) is 0 Å². The van der Waals surface area contributed by atoms with Crippen LogP contribution >= 0.6 is 0 Å². The fraction of sp³-hybridized carbons (Fsp3) is 0.407. The van der Waals surface area contributed by atoms with E-state index in [-0.39, 0.29) is 25.4 Å². The largest absolute Gasteiger partial charge is 0.482 e. The maximum absolute atomic E-state index is 13.0. The van der Waals surface area contributed by atoms with Gasteiger partial charge in [-0.3, -0.25) is 9.59 Å². The molecule has 0 N–H and O–H groups in total. The normalized spacial score (nSPS) is 19.9. The summed E-state index contributed by atoms with van der Waals surface area (Å²) in [4.78, 5) is 27.2. The van der Waals surface area contributed by atoms with E-state index >= 15 is 0 Å². The summed E-state index contributed by atoms with van der Waals surface area (Å²) in [5, 5.41) is 0. The fourth-order valence-corrected chi connectivity index (χ4v) is 4.85. The number of likely N-dealkylation sites (tertiary alicyclic amines) is 1. The van der Waals surface area contributed by atoms with Crippen molar-refractivity contribution in [3.8, 4) is 5.75 Å². The van der Waals surface area contributed by atoms with Gasteiger partial charge in [0, 0.05) is 43.7 Å². The number of nitrogens with zero attached hydrogens (tertiary/aromatic N) is 2. The van der Waals surface area contributed by atoms with Crippen LogP contribution in [-0.4, -0.2) is 59.6 Å². The summed E-state index contributed by atoms with van der Waals surface area (Å²) < 4.78 is 45.4. The molecular weight excluding hydrogens is 457 g/mol. The Morgan fingerprint density at radius 3 is 2.34 bits per heavy atom. The van der Waals surface area contributed by atoms with E-state index in [2.05, 4.69) is 0 Å². The molecule has 2 aliphatic heterocycles. The van der Waals surface area contributed by atoms with Crippen LogP contribution in [0.1, 0.15) is 54.6 Å². The second-order valence-electron chi connectivity index (χ2n) is 8.92. The molecule has 1 atom stereocenters. The highest BCUT2D eigenvalue weighted by molar-refractivity contribution is 5.95. The Morgan fingerprint density at radius 2 is 1.69 bits per heavy atom. The molecule has 8 heteroatoms. The Balaban J connectivity index is 1.66. The topological polar surface area (TPSA) is 49.9 Å². The predicted molar refractivity (Wildman–Crippen MR) is 127 cm³/mol. The third kappa shape index (κ3) is 5.06. The first-order valence-corrected chi connectivity index (χ1v) is 11.9. The number of alkyl halides is 3. The standard InChI is InChI=1S/C27H29F3N2O3/c1-3-31(4-2)24(33)20-12-10-19(11-13-20)22-18-26(35-23-9-6-5-8-21(22)23)14-7-16-32(17-15-26)25(34)27(28,29)30/h5-6,8-13,18H,3-4,7,14-17H2,1-2H3. The molecule has 0 saturated carbocycles. The minimum absolute atomic E-state index is 0.0300. The number of rotatable bonds is 4. The summed E-state index contributed by atoms with van der Waals surface area (Å²) in [6.45, 7) is 5.13. The van der Waals surface area contributed by atoms with Crippen LogP contribution in [-0.2, 0) is 4.79 Å². The van der Waals surface area contributed by atoms with Gasteiger partial charge in [-0.05, 0) is 62.1 Å². The van der Waals surface area contributed by atoms with Crippen molar-refractivity contribution in [3.63, 3.8) is 0 Å². The zero-order chi connectivity index (χ0) is 25.2. The van der Waals surface area contributed by atoms with Gasteiger partial charge in [0.15, 0.2) is 0 Å². The lowest BCUT2D eigenvalue weighted by atomic mass is 9.84. The molecule has 4 rings (SSSR count). The highest BCUT2D eigenvalue weighted by Crippen LogP contribution is 2.43. The quantitative estimate of drug-likeness (QED) is 0.589. The third-order valence-corrected chi connectivity index (χ3v) is 6.75. The smallest absolute Gasteiger partial charge is 0.471 e. The van der Waals surface area contributed by atoms with E-state index in [1.54, 1.807) is 17.0 Å². The van der Waals surface area contributed by atoms with E-state index in [0.717, 1.165) is 21.6 Å². The molecule has 5 nitrogen and oxygen atoms in total. The van der Waals surface area contributed by atoms with Crippen molar-refractivity contribution in [1.29, 1.82) is 0 Å². The van der Waals surface area contributed by atoms with E-state index < -0.39 is 17.7 Å². The maximum atomic E-state index is 13.0. The van der Waals surface area contributed by atoms with Crippen LogP contribution in [0.25, 0.3) is 5.57 Å². The van der Waals surface area contributed by atoms with Gasteiger partial charge in [0.2, 0.25) is 0 Å². The van der Waals surface area contributed by atoms with Crippen LogP contribution in [0.4, 0.5) is 13.2 Å². The Hall–Kier alpha value is -3.29. The highest BCUT2D eigenvalue weighted by Gasteiger charge is 2.45. The molecule has 0 bridgehead atoms. The highest BCUT2D eigenvalue weighted by atomic mass is 19.4. The maximum Gasteiger partial charge on any atom is 0.471 e. The first kappa shape index (κ1) is 24.8. The predicted octanol–water partition coefficient (Wildman–Crippen LogP) is 5.31. The van der Waals surface area contributed by atoms with Crippen molar-refractivity contribution in [2.75, 3.05) is 26.2 Å². The zero-order valence-corrected chi connectivity index (χ0v) is 19.9. The molecule has 1 spiro atoms. The van der Waals surface area contributed by atoms with Gasteiger partial charge < -0.3 is 14.5 Å². The van der Waals surface area contributed by atoms with Crippen molar-refractivity contribution < 1.29 is 27.5 Å². The molecule has 0 aromatic heterocycles. The SMILES string of the molecule is CCN(CC)C(=O)c1ccc(C2=CC3(CCCN(C(=O)C(F)(F)F)CC3)Oc3ccccc32)cc1. The van der Waals surface area contributed by atoms with Gasteiger partial charge in [-0.1, -0.05) is 30.3 Å². The summed E-state index contributed by atoms with van der Waals surface area (Å²) in [6.07, 6.45) is -1.76. The second-order valence-corrected chi connectivity index (χ2v) is 8.92. The summed E-state index contributed by atoms with van der Waals surface area (Å²) in [5.41, 5.74) is 2.46. The summed E-state index contributed by atoms with van der Waals surface area (Å²) in [5.74, 6) is -1.18. The lowest BCUT2D eigenvalue weighted by Crippen LogP contribution is -2.43. The molecule has 1 unspecified atom stereocenters. The molecule has 1 fully saturated rings. The molecule has 2 aromatic carbocycles. The van der Waals surface area contributed by atoms with Crippen LogP contribution in [0.2, 0.25) is 0 Å². The number of hydrogen-bond donors (Lipinski definition) is 0. The molecule has 0 aliphatic carbocycles. The minimum atomic E-state index is -4.89. The summed E-state index contributed by atoms with van der Waals surface area (Å²) in [6, 6.07) is 15.0. The number of ether oxygens (including phenoxy) is 1. The van der Waals surface area contributed by atoms with Crippen molar-refractivity contribution in [2.45, 2.75) is 44.9 Å². The van der Waals surface area contributed by atoms with Gasteiger partial charge in [-0.2, -0.15) is 13.2 Å². The monoisotopic (exact) mass is 486 g/mol. The van der Waals surface area contributed by atoms with E-state index in [1.165, 1.54) is 0 Å². The van der Waals surface area contributed by atoms with Gasteiger partial charge >= 0.3 is 12.1 Å². The van der Waals surface area contributed by atoms with Crippen LogP contribution in [0, 0.1) is 0 Å². The first-order valence-electron chi connectivity index (χ1n) is 11.9. The molecule has 2 aromatic rings. The molecule has 35 heavy (non-hydrogen) atoms. The van der Waals surface area contributed by atoms with Crippen LogP contribution < -0.4 is 4.74 Å². The van der Waals surface area contributed by atoms with Crippen molar-refractivity contribution in [3.05, 3.63) is 71.3 Å². The first-order chi connectivity index (χ1) is 16.7. The van der Waals surface area contributed by atoms with Crippen LogP contribution in [0.15, 0.2) is 54.6 Å². The Morgan fingerprint density at radius 1 is 1.00 bits per heavy atom.